The molecule has 3 rings (SSSR count). The van der Waals surface area contributed by atoms with Crippen LogP contribution in [0.5, 0.6) is 0 Å². The molecule has 2 aliphatic rings. The summed E-state index contributed by atoms with van der Waals surface area (Å²) < 4.78 is 11.6. The molecule has 0 amide bonds. The molecule has 6 heteroatoms. The van der Waals surface area contributed by atoms with Gasteiger partial charge in [0.1, 0.15) is 6.10 Å². The SMILES string of the molecule is C/C(=C/Sc1ccccc1)C[C@@H]1OC[C@H](C[C@@H]2O[C@H]2[C@@H](C)[C@H](C)O)[C@@H](O)[C@H]1O. The molecular formula is C22H32O5S. The van der Waals surface area contributed by atoms with Gasteiger partial charge in [0.2, 0.25) is 0 Å². The summed E-state index contributed by atoms with van der Waals surface area (Å²) in [5, 5.41) is 32.9. The Bertz CT molecular complexity index is 650. The number of rotatable bonds is 8. The molecule has 0 radical (unpaired) electrons. The molecule has 2 saturated heterocycles. The Balaban J connectivity index is 1.47. The van der Waals surface area contributed by atoms with E-state index in [2.05, 4.69) is 17.5 Å². The maximum absolute atomic E-state index is 10.6. The van der Waals surface area contributed by atoms with E-state index in [0.29, 0.717) is 19.4 Å². The first-order valence-corrected chi connectivity index (χ1v) is 10.9. The van der Waals surface area contributed by atoms with Crippen LogP contribution in [-0.4, -0.2) is 58.6 Å². The van der Waals surface area contributed by atoms with Crippen molar-refractivity contribution in [3.8, 4) is 0 Å². The first-order chi connectivity index (χ1) is 13.4. The van der Waals surface area contributed by atoms with E-state index in [-0.39, 0.29) is 24.0 Å². The number of hydrogen-bond acceptors (Lipinski definition) is 6. The van der Waals surface area contributed by atoms with E-state index in [4.69, 9.17) is 9.47 Å². The fourth-order valence-corrected chi connectivity index (χ4v) is 4.49. The molecule has 2 fully saturated rings. The van der Waals surface area contributed by atoms with Crippen molar-refractivity contribution in [3.63, 3.8) is 0 Å². The number of benzene rings is 1. The number of ether oxygens (including phenoxy) is 2. The highest BCUT2D eigenvalue weighted by molar-refractivity contribution is 8.02. The maximum atomic E-state index is 10.6. The van der Waals surface area contributed by atoms with Gasteiger partial charge in [-0.1, -0.05) is 42.5 Å². The Hall–Kier alpha value is -0.890. The van der Waals surface area contributed by atoms with Crippen molar-refractivity contribution in [3.05, 3.63) is 41.3 Å². The molecule has 156 valence electrons. The molecule has 0 unspecified atom stereocenters. The van der Waals surface area contributed by atoms with Gasteiger partial charge in [-0.25, -0.2) is 0 Å². The molecule has 8 atom stereocenters. The van der Waals surface area contributed by atoms with Crippen LogP contribution in [0, 0.1) is 11.8 Å². The second-order valence-corrected chi connectivity index (χ2v) is 9.13. The van der Waals surface area contributed by atoms with Crippen molar-refractivity contribution in [2.45, 2.75) is 75.1 Å². The predicted octanol–water partition coefficient (Wildman–Crippen LogP) is 2.98. The summed E-state index contributed by atoms with van der Waals surface area (Å²) in [6.45, 7) is 6.17. The van der Waals surface area contributed by atoms with Gasteiger partial charge in [0, 0.05) is 16.7 Å². The van der Waals surface area contributed by atoms with Crippen molar-refractivity contribution < 1.29 is 24.8 Å². The van der Waals surface area contributed by atoms with Crippen molar-refractivity contribution in [1.29, 1.82) is 0 Å². The summed E-state index contributed by atoms with van der Waals surface area (Å²) >= 11 is 1.64. The van der Waals surface area contributed by atoms with Crippen molar-refractivity contribution in [2.75, 3.05) is 6.61 Å². The Morgan fingerprint density at radius 2 is 1.89 bits per heavy atom. The molecule has 0 bridgehead atoms. The highest BCUT2D eigenvalue weighted by atomic mass is 32.2. The fraction of sp³-hybridized carbons (Fsp3) is 0.636. The summed E-state index contributed by atoms with van der Waals surface area (Å²) in [5.74, 6) is -0.0790. The quantitative estimate of drug-likeness (QED) is 0.453. The molecule has 0 spiro atoms. The Morgan fingerprint density at radius 3 is 2.57 bits per heavy atom. The zero-order valence-corrected chi connectivity index (χ0v) is 17.6. The molecule has 0 aromatic heterocycles. The lowest BCUT2D eigenvalue weighted by Gasteiger charge is -2.38. The van der Waals surface area contributed by atoms with Crippen LogP contribution in [0.2, 0.25) is 0 Å². The lowest BCUT2D eigenvalue weighted by Crippen LogP contribution is -2.50. The molecule has 2 heterocycles. The largest absolute Gasteiger partial charge is 0.393 e. The first-order valence-electron chi connectivity index (χ1n) is 10.1. The molecule has 0 saturated carbocycles. The Labute approximate surface area is 171 Å². The van der Waals surface area contributed by atoms with Gasteiger partial charge in [-0.3, -0.25) is 0 Å². The molecular weight excluding hydrogens is 376 g/mol. The van der Waals surface area contributed by atoms with E-state index in [1.54, 1.807) is 18.7 Å². The standard InChI is InChI=1S/C22H32O5S/c1-13(12-28-17-7-5-4-6-8-17)9-18-21(25)20(24)16(11-26-18)10-19-22(27-19)14(2)15(3)23/h4-8,12,14-16,18-25H,9-11H2,1-3H3/b13-12-/t14-,15-,16-,18-,19-,20+,21-,22-/m0/s1. The van der Waals surface area contributed by atoms with E-state index < -0.39 is 24.4 Å². The average molecular weight is 409 g/mol. The van der Waals surface area contributed by atoms with E-state index >= 15 is 0 Å². The third kappa shape index (κ3) is 5.59. The van der Waals surface area contributed by atoms with Crippen LogP contribution in [-0.2, 0) is 9.47 Å². The van der Waals surface area contributed by atoms with E-state index in [0.717, 1.165) is 10.5 Å². The highest BCUT2D eigenvalue weighted by Gasteiger charge is 2.48. The lowest BCUT2D eigenvalue weighted by molar-refractivity contribution is -0.165. The third-order valence-electron chi connectivity index (χ3n) is 5.84. The Kier molecular flexibility index (Phi) is 7.59. The second-order valence-electron chi connectivity index (χ2n) is 8.19. The molecule has 5 nitrogen and oxygen atoms in total. The summed E-state index contributed by atoms with van der Waals surface area (Å²) in [7, 11) is 0. The van der Waals surface area contributed by atoms with Gasteiger partial charge in [0.05, 0.1) is 37.1 Å². The van der Waals surface area contributed by atoms with Crippen LogP contribution < -0.4 is 0 Å². The van der Waals surface area contributed by atoms with Gasteiger partial charge >= 0.3 is 0 Å². The van der Waals surface area contributed by atoms with Crippen LogP contribution in [0.3, 0.4) is 0 Å². The zero-order chi connectivity index (χ0) is 20.3. The van der Waals surface area contributed by atoms with Crippen LogP contribution in [0.15, 0.2) is 46.2 Å². The molecule has 28 heavy (non-hydrogen) atoms. The fourth-order valence-electron chi connectivity index (χ4n) is 3.74. The summed E-state index contributed by atoms with van der Waals surface area (Å²) in [6.07, 6.45) is -1.25. The van der Waals surface area contributed by atoms with E-state index in [9.17, 15) is 15.3 Å². The summed E-state index contributed by atoms with van der Waals surface area (Å²) in [5.41, 5.74) is 1.11. The molecule has 3 N–H and O–H groups in total. The van der Waals surface area contributed by atoms with Crippen molar-refractivity contribution in [2.24, 2.45) is 11.8 Å². The van der Waals surface area contributed by atoms with Crippen molar-refractivity contribution in [1.82, 2.24) is 0 Å². The first kappa shape index (κ1) is 21.8. The maximum Gasteiger partial charge on any atom is 0.107 e. The summed E-state index contributed by atoms with van der Waals surface area (Å²) in [4.78, 5) is 1.16. The van der Waals surface area contributed by atoms with E-state index in [1.807, 2.05) is 32.0 Å². The lowest BCUT2D eigenvalue weighted by atomic mass is 9.85. The molecule has 1 aromatic carbocycles. The second kappa shape index (κ2) is 9.74. The third-order valence-corrected chi connectivity index (χ3v) is 6.90. The van der Waals surface area contributed by atoms with Crippen LogP contribution in [0.4, 0.5) is 0 Å². The van der Waals surface area contributed by atoms with Gasteiger partial charge in [-0.2, -0.15) is 0 Å². The number of epoxide rings is 1. The monoisotopic (exact) mass is 408 g/mol. The smallest absolute Gasteiger partial charge is 0.107 e. The minimum Gasteiger partial charge on any atom is -0.393 e. The number of thioether (sulfide) groups is 1. The number of hydrogen-bond donors (Lipinski definition) is 3. The van der Waals surface area contributed by atoms with Crippen molar-refractivity contribution >= 4 is 11.8 Å². The van der Waals surface area contributed by atoms with Crippen LogP contribution >= 0.6 is 11.8 Å². The molecule has 2 aliphatic heterocycles. The Morgan fingerprint density at radius 1 is 1.18 bits per heavy atom. The predicted molar refractivity (Wildman–Crippen MR) is 110 cm³/mol. The average Bonchev–Trinajstić information content (AvgIpc) is 3.45. The summed E-state index contributed by atoms with van der Waals surface area (Å²) in [6, 6.07) is 10.1. The minimum atomic E-state index is -0.907. The topological polar surface area (TPSA) is 82.5 Å². The van der Waals surface area contributed by atoms with Gasteiger partial charge in [0.15, 0.2) is 0 Å². The van der Waals surface area contributed by atoms with Crippen LogP contribution in [0.1, 0.15) is 33.6 Å². The number of aliphatic hydroxyl groups is 3. The van der Waals surface area contributed by atoms with Gasteiger partial charge in [0.25, 0.3) is 0 Å². The molecule has 0 aliphatic carbocycles. The van der Waals surface area contributed by atoms with E-state index in [1.165, 1.54) is 0 Å². The van der Waals surface area contributed by atoms with Gasteiger partial charge < -0.3 is 24.8 Å². The van der Waals surface area contributed by atoms with Crippen LogP contribution in [0.25, 0.3) is 0 Å². The minimum absolute atomic E-state index is 0.0282. The van der Waals surface area contributed by atoms with Gasteiger partial charge in [-0.15, -0.1) is 0 Å². The normalized spacial score (nSPS) is 35.4. The zero-order valence-electron chi connectivity index (χ0n) is 16.8. The number of aliphatic hydroxyl groups excluding tert-OH is 3. The molecule has 1 aromatic rings. The van der Waals surface area contributed by atoms with Gasteiger partial charge in [-0.05, 0) is 44.2 Å². The highest BCUT2D eigenvalue weighted by Crippen LogP contribution is 2.38.